The molecule has 0 spiro atoms. The number of rotatable bonds is 4. The molecule has 1 N–H and O–H groups in total. The van der Waals surface area contributed by atoms with E-state index in [1.807, 2.05) is 0 Å². The third-order valence-corrected chi connectivity index (χ3v) is 2.25. The minimum atomic E-state index is -4.91. The molecule has 1 aromatic carbocycles. The van der Waals surface area contributed by atoms with Crippen LogP contribution in [0, 0.1) is 18.7 Å². The number of aliphatic carboxylic acids is 1. The van der Waals surface area contributed by atoms with Crippen LogP contribution in [0.1, 0.15) is 5.56 Å². The molecular formula is C11H10F4O3. The molecule has 0 heterocycles. The molecule has 0 saturated heterocycles. The van der Waals surface area contributed by atoms with Crippen LogP contribution in [0.15, 0.2) is 18.2 Å². The van der Waals surface area contributed by atoms with Crippen molar-refractivity contribution in [1.29, 1.82) is 0 Å². The topological polar surface area (TPSA) is 46.5 Å². The molecule has 1 atom stereocenters. The third-order valence-electron chi connectivity index (χ3n) is 2.25. The van der Waals surface area contributed by atoms with Gasteiger partial charge in [-0.15, -0.1) is 0 Å². The summed E-state index contributed by atoms with van der Waals surface area (Å²) in [5.41, 5.74) is 0.419. The number of benzene rings is 1. The summed E-state index contributed by atoms with van der Waals surface area (Å²) in [6, 6.07) is 3.36. The third kappa shape index (κ3) is 3.61. The Morgan fingerprint density at radius 1 is 1.44 bits per heavy atom. The summed E-state index contributed by atoms with van der Waals surface area (Å²) in [7, 11) is 0. The molecule has 1 unspecified atom stereocenters. The Labute approximate surface area is 100.0 Å². The Balaban J connectivity index is 2.79. The van der Waals surface area contributed by atoms with Crippen molar-refractivity contribution in [3.63, 3.8) is 0 Å². The predicted molar refractivity (Wildman–Crippen MR) is 53.8 cm³/mol. The lowest BCUT2D eigenvalue weighted by atomic mass is 10.1. The molecule has 0 aromatic heterocycles. The van der Waals surface area contributed by atoms with Crippen molar-refractivity contribution >= 4 is 5.97 Å². The van der Waals surface area contributed by atoms with Gasteiger partial charge in [-0.25, -0.2) is 4.39 Å². The molecule has 0 aliphatic rings. The first-order valence-corrected chi connectivity index (χ1v) is 4.90. The van der Waals surface area contributed by atoms with Gasteiger partial charge < -0.3 is 9.84 Å². The lowest BCUT2D eigenvalue weighted by Crippen LogP contribution is -2.35. The normalized spacial score (nSPS) is 13.2. The van der Waals surface area contributed by atoms with E-state index >= 15 is 0 Å². The van der Waals surface area contributed by atoms with Crippen LogP contribution in [0.5, 0.6) is 5.75 Å². The fourth-order valence-electron chi connectivity index (χ4n) is 1.21. The molecule has 3 nitrogen and oxygen atoms in total. The van der Waals surface area contributed by atoms with Gasteiger partial charge in [0.1, 0.15) is 18.2 Å². The fraction of sp³-hybridized carbons (Fsp3) is 0.364. The zero-order chi connectivity index (χ0) is 13.9. The molecule has 7 heteroatoms. The average Bonchev–Trinajstić information content (AvgIpc) is 2.20. The molecule has 1 rings (SSSR count). The fourth-order valence-corrected chi connectivity index (χ4v) is 1.21. The van der Waals surface area contributed by atoms with Crippen LogP contribution in [-0.2, 0) is 4.79 Å². The van der Waals surface area contributed by atoms with Crippen molar-refractivity contribution in [2.75, 3.05) is 6.61 Å². The van der Waals surface area contributed by atoms with Crippen molar-refractivity contribution in [3.8, 4) is 5.75 Å². The van der Waals surface area contributed by atoms with Gasteiger partial charge in [0.2, 0.25) is 0 Å². The van der Waals surface area contributed by atoms with E-state index in [1.54, 1.807) is 0 Å². The summed E-state index contributed by atoms with van der Waals surface area (Å²) in [6.07, 6.45) is -4.91. The minimum Gasteiger partial charge on any atom is -0.492 e. The van der Waals surface area contributed by atoms with Crippen LogP contribution in [0.25, 0.3) is 0 Å². The zero-order valence-electron chi connectivity index (χ0n) is 9.29. The van der Waals surface area contributed by atoms with Crippen LogP contribution in [0.3, 0.4) is 0 Å². The Bertz CT molecular complexity index is 442. The van der Waals surface area contributed by atoms with E-state index < -0.39 is 30.5 Å². The van der Waals surface area contributed by atoms with E-state index in [0.717, 1.165) is 12.1 Å². The molecule has 100 valence electrons. The molecule has 0 fully saturated rings. The number of alkyl halides is 3. The van der Waals surface area contributed by atoms with Crippen LogP contribution >= 0.6 is 0 Å². The van der Waals surface area contributed by atoms with E-state index in [1.165, 1.54) is 13.0 Å². The van der Waals surface area contributed by atoms with Gasteiger partial charge >= 0.3 is 12.1 Å². The van der Waals surface area contributed by atoms with Gasteiger partial charge in [-0.1, -0.05) is 6.07 Å². The Kier molecular flexibility index (Phi) is 4.15. The smallest absolute Gasteiger partial charge is 0.405 e. The highest BCUT2D eigenvalue weighted by atomic mass is 19.4. The second-order valence-corrected chi connectivity index (χ2v) is 3.65. The summed E-state index contributed by atoms with van der Waals surface area (Å²) in [5, 5.41) is 8.44. The van der Waals surface area contributed by atoms with Crippen LogP contribution in [-0.4, -0.2) is 23.9 Å². The molecule has 0 saturated carbocycles. The van der Waals surface area contributed by atoms with Gasteiger partial charge in [0.25, 0.3) is 0 Å². The predicted octanol–water partition coefficient (Wildman–Crippen LogP) is 2.78. The number of carboxylic acids is 1. The number of hydrogen-bond donors (Lipinski definition) is 1. The van der Waals surface area contributed by atoms with Crippen molar-refractivity contribution < 1.29 is 32.2 Å². The lowest BCUT2D eigenvalue weighted by molar-refractivity contribution is -0.198. The van der Waals surface area contributed by atoms with Crippen molar-refractivity contribution in [2.45, 2.75) is 13.1 Å². The van der Waals surface area contributed by atoms with E-state index in [9.17, 15) is 22.4 Å². The average molecular weight is 266 g/mol. The summed E-state index contributed by atoms with van der Waals surface area (Å²) >= 11 is 0. The maximum Gasteiger partial charge on any atom is 0.405 e. The van der Waals surface area contributed by atoms with Crippen molar-refractivity contribution in [2.24, 2.45) is 5.92 Å². The number of carbonyl (C=O) groups is 1. The molecule has 0 aliphatic carbocycles. The number of aryl methyl sites for hydroxylation is 1. The largest absolute Gasteiger partial charge is 0.492 e. The molecular weight excluding hydrogens is 256 g/mol. The summed E-state index contributed by atoms with van der Waals surface area (Å²) in [5.74, 6) is -5.45. The van der Waals surface area contributed by atoms with Crippen LogP contribution in [0.2, 0.25) is 0 Å². The number of carboxylic acid groups (broad SMARTS) is 1. The number of hydrogen-bond acceptors (Lipinski definition) is 2. The van der Waals surface area contributed by atoms with E-state index in [0.29, 0.717) is 5.56 Å². The highest BCUT2D eigenvalue weighted by Crippen LogP contribution is 2.28. The van der Waals surface area contributed by atoms with Gasteiger partial charge in [-0.05, 0) is 18.6 Å². The Morgan fingerprint density at radius 2 is 2.06 bits per heavy atom. The van der Waals surface area contributed by atoms with E-state index in [-0.39, 0.29) is 5.75 Å². The van der Waals surface area contributed by atoms with Crippen LogP contribution < -0.4 is 4.74 Å². The highest BCUT2D eigenvalue weighted by Gasteiger charge is 2.45. The first-order valence-electron chi connectivity index (χ1n) is 4.90. The number of ether oxygens (including phenoxy) is 1. The molecule has 0 bridgehead atoms. The van der Waals surface area contributed by atoms with Gasteiger partial charge in [0.15, 0.2) is 5.92 Å². The standard InChI is InChI=1S/C11H10F4O3/c1-6-2-3-7(12)4-9(6)18-5-8(10(16)17)11(13,14)15/h2-4,8H,5H2,1H3,(H,16,17). The minimum absolute atomic E-state index is 0.106. The van der Waals surface area contributed by atoms with Gasteiger partial charge in [-0.2, -0.15) is 13.2 Å². The highest BCUT2D eigenvalue weighted by molar-refractivity contribution is 5.71. The molecule has 0 radical (unpaired) electrons. The van der Waals surface area contributed by atoms with Gasteiger partial charge in [0, 0.05) is 6.07 Å². The summed E-state index contributed by atoms with van der Waals surface area (Å²) in [6.45, 7) is 0.418. The monoisotopic (exact) mass is 266 g/mol. The van der Waals surface area contributed by atoms with Gasteiger partial charge in [-0.3, -0.25) is 4.79 Å². The Morgan fingerprint density at radius 3 is 2.56 bits per heavy atom. The van der Waals surface area contributed by atoms with E-state index in [4.69, 9.17) is 9.84 Å². The quantitative estimate of drug-likeness (QED) is 0.852. The first-order chi connectivity index (χ1) is 8.21. The maximum atomic E-state index is 12.8. The van der Waals surface area contributed by atoms with E-state index in [2.05, 4.69) is 0 Å². The lowest BCUT2D eigenvalue weighted by Gasteiger charge is -2.17. The van der Waals surface area contributed by atoms with Crippen molar-refractivity contribution in [1.82, 2.24) is 0 Å². The zero-order valence-corrected chi connectivity index (χ0v) is 9.29. The molecule has 0 aliphatic heterocycles. The van der Waals surface area contributed by atoms with Crippen molar-refractivity contribution in [3.05, 3.63) is 29.6 Å². The molecule has 0 amide bonds. The van der Waals surface area contributed by atoms with Gasteiger partial charge in [0.05, 0.1) is 0 Å². The maximum absolute atomic E-state index is 12.8. The van der Waals surface area contributed by atoms with Crippen LogP contribution in [0.4, 0.5) is 17.6 Å². The second-order valence-electron chi connectivity index (χ2n) is 3.65. The first kappa shape index (κ1) is 14.3. The Hall–Kier alpha value is -1.79. The molecule has 1 aromatic rings. The SMILES string of the molecule is Cc1ccc(F)cc1OCC(C(=O)O)C(F)(F)F. The second kappa shape index (κ2) is 5.24. The summed E-state index contributed by atoms with van der Waals surface area (Å²) < 4.78 is 54.5. The number of halogens is 4. The summed E-state index contributed by atoms with van der Waals surface area (Å²) in [4.78, 5) is 10.4. The molecule has 18 heavy (non-hydrogen) atoms.